The van der Waals surface area contributed by atoms with Crippen LogP contribution < -0.4 is 0 Å². The highest BCUT2D eigenvalue weighted by molar-refractivity contribution is 5.71. The van der Waals surface area contributed by atoms with Gasteiger partial charge in [-0.25, -0.2) is 0 Å². The summed E-state index contributed by atoms with van der Waals surface area (Å²) in [6.07, 6.45) is 53.3. The van der Waals surface area contributed by atoms with Crippen LogP contribution in [0.15, 0.2) is 12.2 Å². The zero-order valence-electron chi connectivity index (χ0n) is 39.8. The minimum absolute atomic E-state index is 0.0672. The van der Waals surface area contributed by atoms with Crippen molar-refractivity contribution in [3.63, 3.8) is 0 Å². The van der Waals surface area contributed by atoms with Gasteiger partial charge >= 0.3 is 17.9 Å². The number of hydrogen-bond donors (Lipinski definition) is 0. The second-order valence-corrected chi connectivity index (χ2v) is 17.8. The molecule has 0 N–H and O–H groups in total. The Kier molecular flexibility index (Phi) is 47.3. The van der Waals surface area contributed by atoms with Crippen molar-refractivity contribution in [1.29, 1.82) is 0 Å². The van der Waals surface area contributed by atoms with Crippen LogP contribution in [0.2, 0.25) is 0 Å². The number of rotatable bonds is 48. The van der Waals surface area contributed by atoms with Crippen LogP contribution in [-0.4, -0.2) is 37.2 Å². The van der Waals surface area contributed by atoms with E-state index in [9.17, 15) is 14.4 Å². The predicted octanol–water partition coefficient (Wildman–Crippen LogP) is 17.0. The topological polar surface area (TPSA) is 78.9 Å². The lowest BCUT2D eigenvalue weighted by atomic mass is 10.0. The third-order valence-electron chi connectivity index (χ3n) is 11.8. The maximum Gasteiger partial charge on any atom is 0.306 e. The average molecular weight is 833 g/mol. The molecule has 0 aliphatic carbocycles. The molecule has 59 heavy (non-hydrogen) atoms. The number of carbonyl (C=O) groups excluding carboxylic acids is 3. The molecule has 0 aromatic heterocycles. The second-order valence-electron chi connectivity index (χ2n) is 17.8. The van der Waals surface area contributed by atoms with Crippen molar-refractivity contribution in [2.75, 3.05) is 13.2 Å². The largest absolute Gasteiger partial charge is 0.462 e. The number of unbranched alkanes of at least 4 members (excludes halogenated alkanes) is 35. The molecule has 0 bridgehead atoms. The van der Waals surface area contributed by atoms with E-state index in [4.69, 9.17) is 14.2 Å². The highest BCUT2D eigenvalue weighted by atomic mass is 16.6. The minimum Gasteiger partial charge on any atom is -0.462 e. The molecule has 1 unspecified atom stereocenters. The van der Waals surface area contributed by atoms with Crippen molar-refractivity contribution < 1.29 is 28.6 Å². The number of allylic oxidation sites excluding steroid dienone is 2. The zero-order chi connectivity index (χ0) is 43.0. The summed E-state index contributed by atoms with van der Waals surface area (Å²) in [5, 5.41) is 0. The van der Waals surface area contributed by atoms with Gasteiger partial charge in [-0.15, -0.1) is 0 Å². The van der Waals surface area contributed by atoms with E-state index >= 15 is 0 Å². The number of esters is 3. The van der Waals surface area contributed by atoms with E-state index < -0.39 is 6.10 Å². The molecule has 0 amide bonds. The first kappa shape index (κ1) is 57.1. The van der Waals surface area contributed by atoms with Crippen molar-refractivity contribution in [2.24, 2.45) is 0 Å². The lowest BCUT2D eigenvalue weighted by Crippen LogP contribution is -2.30. The fourth-order valence-electron chi connectivity index (χ4n) is 7.79. The minimum atomic E-state index is -0.766. The number of carbonyl (C=O) groups is 3. The van der Waals surface area contributed by atoms with E-state index in [-0.39, 0.29) is 31.1 Å². The summed E-state index contributed by atoms with van der Waals surface area (Å²) in [5.41, 5.74) is 0. The Hall–Kier alpha value is -1.85. The lowest BCUT2D eigenvalue weighted by molar-refractivity contribution is -0.167. The Bertz CT molecular complexity index is 916. The van der Waals surface area contributed by atoms with Crippen LogP contribution in [0, 0.1) is 0 Å². The monoisotopic (exact) mass is 833 g/mol. The van der Waals surface area contributed by atoms with E-state index in [1.165, 1.54) is 186 Å². The van der Waals surface area contributed by atoms with Crippen molar-refractivity contribution in [2.45, 2.75) is 297 Å². The van der Waals surface area contributed by atoms with Gasteiger partial charge in [-0.3, -0.25) is 14.4 Å². The molecule has 0 radical (unpaired) electrons. The Morgan fingerprint density at radius 2 is 0.559 bits per heavy atom. The lowest BCUT2D eigenvalue weighted by Gasteiger charge is -2.18. The summed E-state index contributed by atoms with van der Waals surface area (Å²) in [6, 6.07) is 0. The van der Waals surface area contributed by atoms with Gasteiger partial charge in [0.05, 0.1) is 0 Å². The van der Waals surface area contributed by atoms with E-state index in [2.05, 4.69) is 32.9 Å². The molecule has 0 spiro atoms. The molecule has 0 fully saturated rings. The maximum absolute atomic E-state index is 12.8. The summed E-state index contributed by atoms with van der Waals surface area (Å²) in [7, 11) is 0. The van der Waals surface area contributed by atoms with E-state index in [1.807, 2.05) is 0 Å². The summed E-state index contributed by atoms with van der Waals surface area (Å²) in [6.45, 7) is 6.66. The molecule has 0 heterocycles. The fourth-order valence-corrected chi connectivity index (χ4v) is 7.79. The van der Waals surface area contributed by atoms with Gasteiger partial charge in [0.15, 0.2) is 6.10 Å². The van der Waals surface area contributed by atoms with Gasteiger partial charge in [0, 0.05) is 19.3 Å². The zero-order valence-corrected chi connectivity index (χ0v) is 39.8. The molecule has 0 aliphatic rings. The number of hydrogen-bond acceptors (Lipinski definition) is 6. The molecule has 0 saturated carbocycles. The van der Waals surface area contributed by atoms with Crippen LogP contribution in [0.25, 0.3) is 0 Å². The van der Waals surface area contributed by atoms with Crippen LogP contribution in [0.1, 0.15) is 290 Å². The van der Waals surface area contributed by atoms with E-state index in [0.717, 1.165) is 64.2 Å². The molecular formula is C53H100O6. The molecule has 0 saturated heterocycles. The highest BCUT2D eigenvalue weighted by Gasteiger charge is 2.19. The number of ether oxygens (including phenoxy) is 3. The molecule has 0 rings (SSSR count). The van der Waals surface area contributed by atoms with Gasteiger partial charge in [-0.05, 0) is 44.9 Å². The Morgan fingerprint density at radius 3 is 0.847 bits per heavy atom. The van der Waals surface area contributed by atoms with Gasteiger partial charge < -0.3 is 14.2 Å². The molecule has 1 atom stereocenters. The smallest absolute Gasteiger partial charge is 0.306 e. The highest BCUT2D eigenvalue weighted by Crippen LogP contribution is 2.16. The first-order valence-electron chi connectivity index (χ1n) is 26.2. The molecule has 0 aliphatic heterocycles. The third kappa shape index (κ3) is 47.1. The predicted molar refractivity (Wildman–Crippen MR) is 252 cm³/mol. The van der Waals surface area contributed by atoms with E-state index in [0.29, 0.717) is 19.3 Å². The molecular weight excluding hydrogens is 733 g/mol. The normalized spacial score (nSPS) is 12.0. The van der Waals surface area contributed by atoms with Crippen LogP contribution in [0.4, 0.5) is 0 Å². The van der Waals surface area contributed by atoms with Gasteiger partial charge in [-0.1, -0.05) is 238 Å². The van der Waals surface area contributed by atoms with Crippen molar-refractivity contribution in [1.82, 2.24) is 0 Å². The maximum atomic E-state index is 12.8. The third-order valence-corrected chi connectivity index (χ3v) is 11.8. The van der Waals surface area contributed by atoms with Crippen molar-refractivity contribution >= 4 is 17.9 Å². The summed E-state index contributed by atoms with van der Waals surface area (Å²) in [5.74, 6) is -0.859. The Balaban J connectivity index is 4.33. The molecule has 348 valence electrons. The second kappa shape index (κ2) is 48.8. The van der Waals surface area contributed by atoms with Crippen LogP contribution >= 0.6 is 0 Å². The Morgan fingerprint density at radius 1 is 0.322 bits per heavy atom. The summed E-state index contributed by atoms with van der Waals surface area (Å²) >= 11 is 0. The van der Waals surface area contributed by atoms with E-state index in [1.54, 1.807) is 0 Å². The molecule has 6 heteroatoms. The van der Waals surface area contributed by atoms with Crippen LogP contribution in [0.3, 0.4) is 0 Å². The quantitative estimate of drug-likeness (QED) is 0.0263. The first-order chi connectivity index (χ1) is 29.0. The van der Waals surface area contributed by atoms with Gasteiger partial charge in [0.1, 0.15) is 13.2 Å². The summed E-state index contributed by atoms with van der Waals surface area (Å²) < 4.78 is 16.8. The average Bonchev–Trinajstić information content (AvgIpc) is 3.23. The fraction of sp³-hybridized carbons (Fsp3) is 0.906. The SMILES string of the molecule is CCCCCCCC/C=C/CCCCCCCC(=O)OCC(COC(=O)CCCCCCCCCCCCCCC)OC(=O)CCCCCCCCCCCCCCC. The first-order valence-corrected chi connectivity index (χ1v) is 26.2. The summed E-state index contributed by atoms with van der Waals surface area (Å²) in [4.78, 5) is 37.9. The molecule has 0 aromatic carbocycles. The molecule has 6 nitrogen and oxygen atoms in total. The standard InChI is InChI=1S/C53H100O6/c1-4-7-10-13-16-19-22-25-26-29-31-34-37-40-43-46-52(55)58-49-50(59-53(56)47-44-41-38-35-32-28-24-21-18-15-12-9-6-3)48-57-51(54)45-42-39-36-33-30-27-23-20-17-14-11-8-5-2/h25-26,50H,4-24,27-49H2,1-3H3/b26-25+. The Labute approximate surface area is 367 Å². The van der Waals surface area contributed by atoms with Crippen molar-refractivity contribution in [3.8, 4) is 0 Å². The molecule has 0 aromatic rings. The van der Waals surface area contributed by atoms with Crippen molar-refractivity contribution in [3.05, 3.63) is 12.2 Å². The van der Waals surface area contributed by atoms with Gasteiger partial charge in [0.25, 0.3) is 0 Å². The van der Waals surface area contributed by atoms with Crippen LogP contribution in [0.5, 0.6) is 0 Å². The van der Waals surface area contributed by atoms with Gasteiger partial charge in [-0.2, -0.15) is 0 Å². The van der Waals surface area contributed by atoms with Gasteiger partial charge in [0.2, 0.25) is 0 Å². The van der Waals surface area contributed by atoms with Crippen LogP contribution in [-0.2, 0) is 28.6 Å².